The van der Waals surface area contributed by atoms with Crippen LogP contribution in [0.15, 0.2) is 58.2 Å². The average Bonchev–Trinajstić information content (AvgIpc) is 2.79. The molecule has 0 unspecified atom stereocenters. The molecule has 2 heterocycles. The Hall–Kier alpha value is -3.17. The van der Waals surface area contributed by atoms with Gasteiger partial charge in [-0.1, -0.05) is 6.07 Å². The SMILES string of the molecule is COc1ccc(C)cc1NC(=O)[C@H]1CCCN(S(=O)(=O)c2ccc3[nH]c(=O)ccc3c2)C1. The number of benzene rings is 2. The van der Waals surface area contributed by atoms with E-state index in [-0.39, 0.29) is 22.9 Å². The van der Waals surface area contributed by atoms with Crippen LogP contribution in [0.1, 0.15) is 18.4 Å². The fourth-order valence-electron chi connectivity index (χ4n) is 3.97. The predicted octanol–water partition coefficient (Wildman–Crippen LogP) is 2.88. The van der Waals surface area contributed by atoms with Crippen LogP contribution < -0.4 is 15.6 Å². The Kier molecular flexibility index (Phi) is 6.03. The number of sulfonamides is 1. The van der Waals surface area contributed by atoms with Gasteiger partial charge in [-0.2, -0.15) is 4.31 Å². The van der Waals surface area contributed by atoms with Crippen molar-refractivity contribution in [2.45, 2.75) is 24.7 Å². The second-order valence-corrected chi connectivity index (χ2v) is 9.90. The lowest BCUT2D eigenvalue weighted by Crippen LogP contribution is -2.43. The van der Waals surface area contributed by atoms with Gasteiger partial charge in [0.2, 0.25) is 21.5 Å². The maximum absolute atomic E-state index is 13.3. The Morgan fingerprint density at radius 1 is 1.16 bits per heavy atom. The van der Waals surface area contributed by atoms with Crippen LogP contribution in [0.2, 0.25) is 0 Å². The number of rotatable bonds is 5. The standard InChI is InChI=1S/C23H25N3O5S/c1-15-5-9-21(31-2)20(12-15)25-23(28)17-4-3-11-26(14-17)32(29,30)18-7-8-19-16(13-18)6-10-22(27)24-19/h5-10,12-13,17H,3-4,11,14H2,1-2H3,(H,24,27)(H,25,28)/t17-/m0/s1. The number of methoxy groups -OCH3 is 1. The third kappa shape index (κ3) is 4.39. The van der Waals surface area contributed by atoms with Gasteiger partial charge in [0, 0.05) is 24.7 Å². The number of nitrogens with zero attached hydrogens (tertiary/aromatic N) is 1. The molecule has 8 nitrogen and oxygen atoms in total. The zero-order valence-corrected chi connectivity index (χ0v) is 18.7. The second-order valence-electron chi connectivity index (χ2n) is 7.97. The molecule has 1 aliphatic rings. The lowest BCUT2D eigenvalue weighted by atomic mass is 9.98. The van der Waals surface area contributed by atoms with Gasteiger partial charge in [0.25, 0.3) is 0 Å². The number of hydrogen-bond acceptors (Lipinski definition) is 5. The number of carbonyl (C=O) groups is 1. The summed E-state index contributed by atoms with van der Waals surface area (Å²) in [5, 5.41) is 3.52. The fourth-order valence-corrected chi connectivity index (χ4v) is 5.53. The second kappa shape index (κ2) is 8.76. The van der Waals surface area contributed by atoms with Crippen molar-refractivity contribution in [3.63, 3.8) is 0 Å². The summed E-state index contributed by atoms with van der Waals surface area (Å²) in [7, 11) is -2.25. The number of ether oxygens (including phenoxy) is 1. The van der Waals surface area contributed by atoms with E-state index in [1.807, 2.05) is 19.1 Å². The number of pyridine rings is 1. The molecule has 1 amide bonds. The number of aryl methyl sites for hydroxylation is 1. The highest BCUT2D eigenvalue weighted by molar-refractivity contribution is 7.89. The minimum absolute atomic E-state index is 0.103. The topological polar surface area (TPSA) is 109 Å². The number of anilines is 1. The highest BCUT2D eigenvalue weighted by Crippen LogP contribution is 2.29. The van der Waals surface area contributed by atoms with Crippen molar-refractivity contribution in [3.8, 4) is 5.75 Å². The molecule has 168 valence electrons. The van der Waals surface area contributed by atoms with Crippen molar-refractivity contribution in [2.24, 2.45) is 5.92 Å². The first kappa shape index (κ1) is 22.0. The van der Waals surface area contributed by atoms with Crippen LogP contribution in [0.4, 0.5) is 5.69 Å². The molecule has 1 aliphatic heterocycles. The third-order valence-electron chi connectivity index (χ3n) is 5.70. The van der Waals surface area contributed by atoms with Gasteiger partial charge >= 0.3 is 0 Å². The molecule has 0 spiro atoms. The zero-order chi connectivity index (χ0) is 22.9. The molecule has 2 N–H and O–H groups in total. The molecule has 0 aliphatic carbocycles. The van der Waals surface area contributed by atoms with E-state index in [0.717, 1.165) is 5.56 Å². The molecule has 3 aromatic rings. The molecule has 4 rings (SSSR count). The van der Waals surface area contributed by atoms with E-state index >= 15 is 0 Å². The minimum atomic E-state index is -3.79. The summed E-state index contributed by atoms with van der Waals surface area (Å²) in [6.45, 7) is 2.37. The molecule has 9 heteroatoms. The van der Waals surface area contributed by atoms with Gasteiger partial charge in [0.15, 0.2) is 0 Å². The summed E-state index contributed by atoms with van der Waals surface area (Å²) in [5.74, 6) is -0.149. The summed E-state index contributed by atoms with van der Waals surface area (Å²) in [6, 6.07) is 13.1. The van der Waals surface area contributed by atoms with E-state index in [0.29, 0.717) is 41.7 Å². The lowest BCUT2D eigenvalue weighted by molar-refractivity contribution is -0.120. The van der Waals surface area contributed by atoms with Gasteiger partial charge in [-0.3, -0.25) is 9.59 Å². The third-order valence-corrected chi connectivity index (χ3v) is 7.56. The van der Waals surface area contributed by atoms with E-state index < -0.39 is 15.9 Å². The smallest absolute Gasteiger partial charge is 0.248 e. The molecule has 1 saturated heterocycles. The van der Waals surface area contributed by atoms with Gasteiger partial charge in [-0.05, 0) is 67.1 Å². The van der Waals surface area contributed by atoms with Gasteiger partial charge in [-0.15, -0.1) is 0 Å². The number of aromatic amines is 1. The van der Waals surface area contributed by atoms with Crippen molar-refractivity contribution in [1.82, 2.24) is 9.29 Å². The van der Waals surface area contributed by atoms with E-state index in [1.54, 1.807) is 24.3 Å². The molecule has 1 aromatic heterocycles. The highest BCUT2D eigenvalue weighted by Gasteiger charge is 2.33. The maximum atomic E-state index is 13.3. The molecule has 0 radical (unpaired) electrons. The number of hydrogen-bond donors (Lipinski definition) is 2. The fraction of sp³-hybridized carbons (Fsp3) is 0.304. The van der Waals surface area contributed by atoms with Crippen LogP contribution in [-0.4, -0.2) is 43.8 Å². The van der Waals surface area contributed by atoms with Crippen molar-refractivity contribution >= 4 is 32.5 Å². The molecule has 32 heavy (non-hydrogen) atoms. The maximum Gasteiger partial charge on any atom is 0.248 e. The van der Waals surface area contributed by atoms with Gasteiger partial charge in [-0.25, -0.2) is 8.42 Å². The summed E-state index contributed by atoms with van der Waals surface area (Å²) < 4.78 is 33.2. The van der Waals surface area contributed by atoms with Crippen molar-refractivity contribution in [1.29, 1.82) is 0 Å². The van der Waals surface area contributed by atoms with Crippen LogP contribution in [0.3, 0.4) is 0 Å². The molecule has 1 fully saturated rings. The molecule has 1 atom stereocenters. The van der Waals surface area contributed by atoms with Gasteiger partial charge < -0.3 is 15.0 Å². The van der Waals surface area contributed by atoms with Crippen LogP contribution >= 0.6 is 0 Å². The van der Waals surface area contributed by atoms with E-state index in [1.165, 1.54) is 23.5 Å². The van der Waals surface area contributed by atoms with Crippen molar-refractivity contribution in [2.75, 3.05) is 25.5 Å². The van der Waals surface area contributed by atoms with Gasteiger partial charge in [0.05, 0.1) is 23.6 Å². The summed E-state index contributed by atoms with van der Waals surface area (Å²) in [5.41, 5.74) is 1.87. The van der Waals surface area contributed by atoms with Crippen LogP contribution in [0.5, 0.6) is 5.75 Å². The normalized spacial score (nSPS) is 17.2. The molecule has 0 saturated carbocycles. The number of H-pyrrole nitrogens is 1. The van der Waals surface area contributed by atoms with Crippen LogP contribution in [0.25, 0.3) is 10.9 Å². The predicted molar refractivity (Wildman–Crippen MR) is 122 cm³/mol. The van der Waals surface area contributed by atoms with Crippen molar-refractivity contribution < 1.29 is 17.9 Å². The number of piperidine rings is 1. The molecule has 0 bridgehead atoms. The number of amides is 1. The van der Waals surface area contributed by atoms with Crippen molar-refractivity contribution in [3.05, 3.63) is 64.4 Å². The summed E-state index contributed by atoms with van der Waals surface area (Å²) in [6.07, 6.45) is 1.19. The number of nitrogens with one attached hydrogen (secondary N) is 2. The zero-order valence-electron chi connectivity index (χ0n) is 17.9. The molecule has 2 aromatic carbocycles. The Labute approximate surface area is 186 Å². The first-order chi connectivity index (χ1) is 15.3. The Balaban J connectivity index is 1.54. The van der Waals surface area contributed by atoms with Crippen LogP contribution in [0, 0.1) is 12.8 Å². The lowest BCUT2D eigenvalue weighted by Gasteiger charge is -2.31. The largest absolute Gasteiger partial charge is 0.495 e. The quantitative estimate of drug-likeness (QED) is 0.615. The first-order valence-corrected chi connectivity index (χ1v) is 11.8. The molecular weight excluding hydrogens is 430 g/mol. The Morgan fingerprint density at radius 3 is 2.75 bits per heavy atom. The first-order valence-electron chi connectivity index (χ1n) is 10.4. The average molecular weight is 456 g/mol. The van der Waals surface area contributed by atoms with E-state index in [2.05, 4.69) is 10.3 Å². The number of aromatic nitrogens is 1. The number of carbonyl (C=O) groups excluding carboxylic acids is 1. The van der Waals surface area contributed by atoms with Crippen LogP contribution in [-0.2, 0) is 14.8 Å². The summed E-state index contributed by atoms with van der Waals surface area (Å²) in [4.78, 5) is 27.2. The van der Waals surface area contributed by atoms with Gasteiger partial charge in [0.1, 0.15) is 5.75 Å². The Bertz CT molecular complexity index is 1330. The Morgan fingerprint density at radius 2 is 1.97 bits per heavy atom. The highest BCUT2D eigenvalue weighted by atomic mass is 32.2. The van der Waals surface area contributed by atoms with E-state index in [9.17, 15) is 18.0 Å². The number of fused-ring (bicyclic) bond motifs is 1. The minimum Gasteiger partial charge on any atom is -0.495 e. The summed E-state index contributed by atoms with van der Waals surface area (Å²) >= 11 is 0. The van der Waals surface area contributed by atoms with E-state index in [4.69, 9.17) is 4.74 Å². The monoisotopic (exact) mass is 455 g/mol. The molecular formula is C23H25N3O5S.